The van der Waals surface area contributed by atoms with E-state index in [9.17, 15) is 9.90 Å². The Morgan fingerprint density at radius 3 is 2.56 bits per heavy atom. The summed E-state index contributed by atoms with van der Waals surface area (Å²) in [7, 11) is 1.77. The third-order valence-corrected chi connectivity index (χ3v) is 2.69. The molecule has 5 heteroatoms. The highest BCUT2D eigenvalue weighted by molar-refractivity contribution is 5.94. The maximum Gasteiger partial charge on any atom is 0.336 e. The summed E-state index contributed by atoms with van der Waals surface area (Å²) >= 11 is 0. The molecule has 0 aliphatic carbocycles. The van der Waals surface area contributed by atoms with Gasteiger partial charge in [-0.15, -0.1) is 0 Å². The van der Waals surface area contributed by atoms with E-state index in [2.05, 4.69) is 10.1 Å². The van der Waals surface area contributed by atoms with Gasteiger partial charge in [0.15, 0.2) is 11.6 Å². The summed E-state index contributed by atoms with van der Waals surface area (Å²) in [4.78, 5) is 15.6. The molecule has 1 heterocycles. The van der Waals surface area contributed by atoms with Gasteiger partial charge in [0, 0.05) is 18.5 Å². The molecule has 1 aromatic heterocycles. The van der Waals surface area contributed by atoms with E-state index in [4.69, 9.17) is 0 Å². The first-order chi connectivity index (χ1) is 8.50. The van der Waals surface area contributed by atoms with Crippen LogP contribution in [0.3, 0.4) is 0 Å². The molecule has 0 saturated heterocycles. The van der Waals surface area contributed by atoms with Crippen LogP contribution in [0.2, 0.25) is 0 Å². The van der Waals surface area contributed by atoms with Gasteiger partial charge in [0.1, 0.15) is 0 Å². The van der Waals surface area contributed by atoms with Gasteiger partial charge < -0.3 is 5.11 Å². The van der Waals surface area contributed by atoms with Gasteiger partial charge in [-0.25, -0.2) is 14.5 Å². The summed E-state index contributed by atoms with van der Waals surface area (Å²) in [5, 5.41) is 13.5. The fourth-order valence-corrected chi connectivity index (χ4v) is 1.75. The fourth-order valence-electron chi connectivity index (χ4n) is 1.75. The number of carboxylic acids is 1. The largest absolute Gasteiger partial charge is 0.478 e. The summed E-state index contributed by atoms with van der Waals surface area (Å²) in [6.07, 6.45) is 0. The lowest BCUT2D eigenvalue weighted by Gasteiger charge is -2.04. The van der Waals surface area contributed by atoms with Crippen LogP contribution in [0.1, 0.15) is 35.9 Å². The fraction of sp³-hybridized carbons (Fsp3) is 0.308. The summed E-state index contributed by atoms with van der Waals surface area (Å²) in [5.41, 5.74) is 0.829. The maximum absolute atomic E-state index is 11.2. The standard InChI is InChI=1S/C13H15N3O2/c1-8(2)11-14-12(16(3)15-11)9-6-4-5-7-10(9)13(17)18/h4-8H,1-3H3,(H,17,18). The maximum atomic E-state index is 11.2. The van der Waals surface area contributed by atoms with Gasteiger partial charge in [-0.2, -0.15) is 5.10 Å². The number of aryl methyl sites for hydroxylation is 1. The minimum atomic E-state index is -0.959. The first-order valence-electron chi connectivity index (χ1n) is 5.74. The number of aromatic nitrogens is 3. The lowest BCUT2D eigenvalue weighted by molar-refractivity contribution is 0.0697. The van der Waals surface area contributed by atoms with Crippen molar-refractivity contribution in [2.45, 2.75) is 19.8 Å². The number of benzene rings is 1. The number of nitrogens with zero attached hydrogens (tertiary/aromatic N) is 3. The van der Waals surface area contributed by atoms with E-state index in [1.807, 2.05) is 13.8 Å². The third kappa shape index (κ3) is 2.11. The van der Waals surface area contributed by atoms with Crippen molar-refractivity contribution in [3.8, 4) is 11.4 Å². The van der Waals surface area contributed by atoms with E-state index in [1.54, 1.807) is 36.0 Å². The van der Waals surface area contributed by atoms with E-state index in [0.717, 1.165) is 0 Å². The van der Waals surface area contributed by atoms with Crippen molar-refractivity contribution in [1.29, 1.82) is 0 Å². The van der Waals surface area contributed by atoms with Crippen LogP contribution in [0.4, 0.5) is 0 Å². The highest BCUT2D eigenvalue weighted by Crippen LogP contribution is 2.23. The third-order valence-electron chi connectivity index (χ3n) is 2.69. The number of hydrogen-bond donors (Lipinski definition) is 1. The van der Waals surface area contributed by atoms with Gasteiger partial charge >= 0.3 is 5.97 Å². The molecule has 0 spiro atoms. The molecule has 94 valence electrons. The molecule has 5 nitrogen and oxygen atoms in total. The molecule has 0 atom stereocenters. The van der Waals surface area contributed by atoms with Gasteiger partial charge in [0.05, 0.1) is 5.56 Å². The Hall–Kier alpha value is -2.17. The van der Waals surface area contributed by atoms with E-state index in [-0.39, 0.29) is 11.5 Å². The molecule has 1 N–H and O–H groups in total. The highest BCUT2D eigenvalue weighted by atomic mass is 16.4. The first kappa shape index (κ1) is 12.3. The molecule has 0 aliphatic rings. The summed E-state index contributed by atoms with van der Waals surface area (Å²) in [6.45, 7) is 4.00. The highest BCUT2D eigenvalue weighted by Gasteiger charge is 2.17. The number of rotatable bonds is 3. The number of carbonyl (C=O) groups is 1. The monoisotopic (exact) mass is 245 g/mol. The second-order valence-corrected chi connectivity index (χ2v) is 4.42. The average molecular weight is 245 g/mol. The molecule has 1 aromatic carbocycles. The van der Waals surface area contributed by atoms with Gasteiger partial charge in [0.25, 0.3) is 0 Å². The molecule has 0 radical (unpaired) electrons. The molecule has 18 heavy (non-hydrogen) atoms. The Balaban J connectivity index is 2.58. The van der Waals surface area contributed by atoms with Crippen molar-refractivity contribution in [3.63, 3.8) is 0 Å². The first-order valence-corrected chi connectivity index (χ1v) is 5.74. The summed E-state index contributed by atoms with van der Waals surface area (Å²) in [6, 6.07) is 6.82. The zero-order valence-electron chi connectivity index (χ0n) is 10.6. The van der Waals surface area contributed by atoms with Crippen LogP contribution >= 0.6 is 0 Å². The van der Waals surface area contributed by atoms with Crippen LogP contribution in [0.25, 0.3) is 11.4 Å². The number of hydrogen-bond acceptors (Lipinski definition) is 3. The van der Waals surface area contributed by atoms with Crippen LogP contribution in [0.5, 0.6) is 0 Å². The molecular formula is C13H15N3O2. The Bertz CT molecular complexity index is 588. The molecule has 0 amide bonds. The second kappa shape index (κ2) is 4.60. The van der Waals surface area contributed by atoms with Gasteiger partial charge in [-0.05, 0) is 6.07 Å². The second-order valence-electron chi connectivity index (χ2n) is 4.42. The Kier molecular flexibility index (Phi) is 3.14. The van der Waals surface area contributed by atoms with Gasteiger partial charge in [-0.3, -0.25) is 0 Å². The summed E-state index contributed by atoms with van der Waals surface area (Å²) < 4.78 is 1.62. The van der Waals surface area contributed by atoms with Crippen LogP contribution in [-0.4, -0.2) is 25.8 Å². The van der Waals surface area contributed by atoms with Crippen molar-refractivity contribution >= 4 is 5.97 Å². The molecule has 0 aliphatic heterocycles. The van der Waals surface area contributed by atoms with Crippen molar-refractivity contribution in [2.75, 3.05) is 0 Å². The quantitative estimate of drug-likeness (QED) is 0.900. The lowest BCUT2D eigenvalue weighted by Crippen LogP contribution is -2.02. The van der Waals surface area contributed by atoms with Crippen molar-refractivity contribution in [2.24, 2.45) is 7.05 Å². The predicted molar refractivity (Wildman–Crippen MR) is 67.5 cm³/mol. The minimum Gasteiger partial charge on any atom is -0.478 e. The number of aromatic carboxylic acids is 1. The van der Waals surface area contributed by atoms with E-state index < -0.39 is 5.97 Å². The van der Waals surface area contributed by atoms with Gasteiger partial charge in [-0.1, -0.05) is 32.0 Å². The predicted octanol–water partition coefficient (Wildman–Crippen LogP) is 2.30. The molecule has 2 aromatic rings. The smallest absolute Gasteiger partial charge is 0.336 e. The van der Waals surface area contributed by atoms with E-state index >= 15 is 0 Å². The molecule has 0 saturated carbocycles. The Morgan fingerprint density at radius 2 is 2.00 bits per heavy atom. The SMILES string of the molecule is CC(C)c1nc(-c2ccccc2C(=O)O)n(C)n1. The van der Waals surface area contributed by atoms with Crippen molar-refractivity contribution in [3.05, 3.63) is 35.7 Å². The van der Waals surface area contributed by atoms with E-state index in [1.165, 1.54) is 0 Å². The van der Waals surface area contributed by atoms with Crippen LogP contribution in [-0.2, 0) is 7.05 Å². The normalized spacial score (nSPS) is 10.9. The Labute approximate surface area is 105 Å². The minimum absolute atomic E-state index is 0.210. The van der Waals surface area contributed by atoms with Crippen molar-refractivity contribution in [1.82, 2.24) is 14.8 Å². The molecule has 2 rings (SSSR count). The summed E-state index contributed by atoms with van der Waals surface area (Å²) in [5.74, 6) is 0.547. The van der Waals surface area contributed by atoms with Crippen LogP contribution < -0.4 is 0 Å². The Morgan fingerprint density at radius 1 is 1.33 bits per heavy atom. The molecular weight excluding hydrogens is 230 g/mol. The molecule has 0 bridgehead atoms. The molecule has 0 fully saturated rings. The number of carboxylic acid groups (broad SMARTS) is 1. The van der Waals surface area contributed by atoms with Gasteiger partial charge in [0.2, 0.25) is 0 Å². The zero-order chi connectivity index (χ0) is 13.3. The average Bonchev–Trinajstić information content (AvgIpc) is 2.71. The van der Waals surface area contributed by atoms with E-state index in [0.29, 0.717) is 17.2 Å². The van der Waals surface area contributed by atoms with Crippen LogP contribution in [0.15, 0.2) is 24.3 Å². The zero-order valence-corrected chi connectivity index (χ0v) is 10.6. The lowest BCUT2D eigenvalue weighted by atomic mass is 10.1. The molecule has 0 unspecified atom stereocenters. The van der Waals surface area contributed by atoms with Crippen molar-refractivity contribution < 1.29 is 9.90 Å². The van der Waals surface area contributed by atoms with Crippen LogP contribution in [0, 0.1) is 0 Å². The topological polar surface area (TPSA) is 68.0 Å².